The summed E-state index contributed by atoms with van der Waals surface area (Å²) < 4.78 is 17.9. The molecule has 1 nitrogen and oxygen atoms in total. The van der Waals surface area contributed by atoms with Crippen LogP contribution >= 0.6 is 27.5 Å². The Morgan fingerprint density at radius 3 is 2.75 bits per heavy atom. The van der Waals surface area contributed by atoms with E-state index in [0.29, 0.717) is 21.7 Å². The lowest BCUT2D eigenvalue weighted by Gasteiger charge is -2.06. The Balaban J connectivity index is 3.24. The van der Waals surface area contributed by atoms with Crippen LogP contribution in [0, 0.1) is 5.82 Å². The van der Waals surface area contributed by atoms with E-state index in [1.165, 1.54) is 19.2 Å². The molecule has 0 aliphatic heterocycles. The minimum atomic E-state index is -0.322. The molecule has 0 aliphatic carbocycles. The van der Waals surface area contributed by atoms with E-state index in [-0.39, 0.29) is 5.82 Å². The van der Waals surface area contributed by atoms with E-state index >= 15 is 0 Å². The van der Waals surface area contributed by atoms with Crippen molar-refractivity contribution in [2.45, 2.75) is 5.33 Å². The van der Waals surface area contributed by atoms with Crippen molar-refractivity contribution in [1.82, 2.24) is 0 Å². The van der Waals surface area contributed by atoms with Crippen LogP contribution in [0.25, 0.3) is 0 Å². The van der Waals surface area contributed by atoms with Gasteiger partial charge in [-0.2, -0.15) is 0 Å². The molecule has 0 unspecified atom stereocenters. The van der Waals surface area contributed by atoms with E-state index in [4.69, 9.17) is 16.3 Å². The minimum Gasteiger partial charge on any atom is -0.495 e. The zero-order valence-electron chi connectivity index (χ0n) is 6.40. The summed E-state index contributed by atoms with van der Waals surface area (Å²) in [5.74, 6) is 0.171. The summed E-state index contributed by atoms with van der Waals surface area (Å²) in [4.78, 5) is 0. The van der Waals surface area contributed by atoms with Gasteiger partial charge in [-0.25, -0.2) is 4.39 Å². The Morgan fingerprint density at radius 2 is 2.25 bits per heavy atom. The molecular weight excluding hydrogens is 246 g/mol. The second-order valence-corrected chi connectivity index (χ2v) is 3.11. The normalized spacial score (nSPS) is 10.0. The monoisotopic (exact) mass is 252 g/mol. The highest BCUT2D eigenvalue weighted by Crippen LogP contribution is 2.31. The van der Waals surface area contributed by atoms with E-state index in [9.17, 15) is 4.39 Å². The van der Waals surface area contributed by atoms with Gasteiger partial charge in [-0.3, -0.25) is 0 Å². The van der Waals surface area contributed by atoms with Crippen molar-refractivity contribution in [3.05, 3.63) is 28.5 Å². The van der Waals surface area contributed by atoms with Crippen molar-refractivity contribution in [1.29, 1.82) is 0 Å². The largest absolute Gasteiger partial charge is 0.495 e. The Hall–Kier alpha value is -0.280. The molecule has 12 heavy (non-hydrogen) atoms. The van der Waals surface area contributed by atoms with Crippen molar-refractivity contribution in [3.63, 3.8) is 0 Å². The van der Waals surface area contributed by atoms with Crippen LogP contribution in [0.5, 0.6) is 5.75 Å². The van der Waals surface area contributed by atoms with Crippen molar-refractivity contribution >= 4 is 27.5 Å². The number of benzene rings is 1. The summed E-state index contributed by atoms with van der Waals surface area (Å²) in [6.45, 7) is 0. The van der Waals surface area contributed by atoms with Gasteiger partial charge in [0.2, 0.25) is 0 Å². The first-order valence-corrected chi connectivity index (χ1v) is 4.77. The number of ether oxygens (including phenoxy) is 1. The van der Waals surface area contributed by atoms with Crippen molar-refractivity contribution in [2.75, 3.05) is 7.11 Å². The van der Waals surface area contributed by atoms with Gasteiger partial charge in [0.1, 0.15) is 11.6 Å². The molecule has 0 heterocycles. The Labute approximate surface area is 83.6 Å². The predicted octanol–water partition coefficient (Wildman–Crippen LogP) is 3.38. The van der Waals surface area contributed by atoms with E-state index in [0.717, 1.165) is 0 Å². The first kappa shape index (κ1) is 9.81. The van der Waals surface area contributed by atoms with E-state index in [1.54, 1.807) is 0 Å². The lowest BCUT2D eigenvalue weighted by Crippen LogP contribution is -1.91. The first-order valence-electron chi connectivity index (χ1n) is 3.27. The van der Waals surface area contributed by atoms with Crippen LogP contribution in [0.2, 0.25) is 5.02 Å². The summed E-state index contributed by atoms with van der Waals surface area (Å²) in [6, 6.07) is 2.84. The molecule has 0 atom stereocenters. The molecule has 0 N–H and O–H groups in total. The third-order valence-electron chi connectivity index (χ3n) is 1.50. The van der Waals surface area contributed by atoms with Gasteiger partial charge in [0.15, 0.2) is 0 Å². The molecule has 0 saturated carbocycles. The molecule has 0 bridgehead atoms. The minimum absolute atomic E-state index is 0.322. The Morgan fingerprint density at radius 1 is 1.58 bits per heavy atom. The van der Waals surface area contributed by atoms with E-state index in [1.807, 2.05) is 0 Å². The highest BCUT2D eigenvalue weighted by atomic mass is 79.9. The summed E-state index contributed by atoms with van der Waals surface area (Å²) in [7, 11) is 1.50. The number of methoxy groups -OCH3 is 1. The molecule has 66 valence electrons. The zero-order valence-corrected chi connectivity index (χ0v) is 8.75. The zero-order chi connectivity index (χ0) is 9.14. The van der Waals surface area contributed by atoms with E-state index in [2.05, 4.69) is 15.9 Å². The maximum absolute atomic E-state index is 13.0. The molecule has 1 aromatic carbocycles. The van der Waals surface area contributed by atoms with Crippen LogP contribution in [0.1, 0.15) is 5.56 Å². The SMILES string of the molecule is COc1ccc(F)c(CBr)c1Cl. The number of rotatable bonds is 2. The topological polar surface area (TPSA) is 9.23 Å². The Kier molecular flexibility index (Phi) is 3.35. The highest BCUT2D eigenvalue weighted by molar-refractivity contribution is 9.08. The van der Waals surface area contributed by atoms with Gasteiger partial charge in [0, 0.05) is 10.9 Å². The molecule has 0 saturated heterocycles. The van der Waals surface area contributed by atoms with Gasteiger partial charge in [0.05, 0.1) is 12.1 Å². The second kappa shape index (κ2) is 4.10. The summed E-state index contributed by atoms with van der Waals surface area (Å²) >= 11 is 8.96. The number of halogens is 3. The highest BCUT2D eigenvalue weighted by Gasteiger charge is 2.10. The lowest BCUT2D eigenvalue weighted by atomic mass is 10.2. The van der Waals surface area contributed by atoms with Crippen molar-refractivity contribution < 1.29 is 9.13 Å². The molecule has 1 rings (SSSR count). The maximum atomic E-state index is 13.0. The summed E-state index contributed by atoms with van der Waals surface area (Å²) in [5, 5.41) is 0.712. The van der Waals surface area contributed by atoms with Gasteiger partial charge < -0.3 is 4.74 Å². The molecular formula is C8H7BrClFO. The van der Waals surface area contributed by atoms with Crippen LogP contribution < -0.4 is 4.74 Å². The molecule has 0 aliphatic rings. The van der Waals surface area contributed by atoms with Gasteiger partial charge in [-0.05, 0) is 12.1 Å². The molecule has 0 radical (unpaired) electrons. The Bertz CT molecular complexity index is 291. The lowest BCUT2D eigenvalue weighted by molar-refractivity contribution is 0.413. The van der Waals surface area contributed by atoms with E-state index < -0.39 is 0 Å². The second-order valence-electron chi connectivity index (χ2n) is 2.18. The quantitative estimate of drug-likeness (QED) is 0.734. The summed E-state index contributed by atoms with van der Waals surface area (Å²) in [6.07, 6.45) is 0. The fourth-order valence-corrected chi connectivity index (χ4v) is 1.86. The molecule has 0 fully saturated rings. The van der Waals surface area contributed by atoms with Crippen molar-refractivity contribution in [2.24, 2.45) is 0 Å². The van der Waals surface area contributed by atoms with Gasteiger partial charge in [-0.1, -0.05) is 27.5 Å². The molecule has 4 heteroatoms. The number of hydrogen-bond acceptors (Lipinski definition) is 1. The standard InChI is InChI=1S/C8H7BrClFO/c1-12-7-3-2-6(11)5(4-9)8(7)10/h2-3H,4H2,1H3. The van der Waals surface area contributed by atoms with Gasteiger partial charge in [0.25, 0.3) is 0 Å². The first-order chi connectivity index (χ1) is 5.70. The van der Waals surface area contributed by atoms with Crippen LogP contribution in [-0.4, -0.2) is 7.11 Å². The molecule has 0 amide bonds. The average Bonchev–Trinajstić information content (AvgIpc) is 2.06. The van der Waals surface area contributed by atoms with Crippen LogP contribution in [0.3, 0.4) is 0 Å². The predicted molar refractivity (Wildman–Crippen MR) is 50.6 cm³/mol. The van der Waals surface area contributed by atoms with Gasteiger partial charge >= 0.3 is 0 Å². The number of hydrogen-bond donors (Lipinski definition) is 0. The van der Waals surface area contributed by atoms with Crippen LogP contribution in [-0.2, 0) is 5.33 Å². The molecule has 1 aromatic rings. The molecule has 0 spiro atoms. The molecule has 0 aromatic heterocycles. The van der Waals surface area contributed by atoms with Gasteiger partial charge in [-0.15, -0.1) is 0 Å². The third-order valence-corrected chi connectivity index (χ3v) is 2.48. The van der Waals surface area contributed by atoms with Crippen LogP contribution in [0.15, 0.2) is 12.1 Å². The number of alkyl halides is 1. The third kappa shape index (κ3) is 1.72. The average molecular weight is 253 g/mol. The van der Waals surface area contributed by atoms with Crippen molar-refractivity contribution in [3.8, 4) is 5.75 Å². The maximum Gasteiger partial charge on any atom is 0.137 e. The fourth-order valence-electron chi connectivity index (χ4n) is 0.856. The van der Waals surface area contributed by atoms with Crippen LogP contribution in [0.4, 0.5) is 4.39 Å². The smallest absolute Gasteiger partial charge is 0.137 e. The fraction of sp³-hybridized carbons (Fsp3) is 0.250. The summed E-state index contributed by atoms with van der Waals surface area (Å²) in [5.41, 5.74) is 0.427.